The molecule has 3 rings (SSSR count). The summed E-state index contributed by atoms with van der Waals surface area (Å²) >= 11 is 0. The molecule has 0 atom stereocenters. The second kappa shape index (κ2) is 9.38. The van der Waals surface area contributed by atoms with E-state index in [0.29, 0.717) is 11.5 Å². The van der Waals surface area contributed by atoms with E-state index in [9.17, 15) is 0 Å². The topological polar surface area (TPSA) is 46.1 Å². The Bertz CT molecular complexity index is 564. The molecule has 1 aliphatic carbocycles. The molecule has 1 aliphatic heterocycles. The van der Waals surface area contributed by atoms with Gasteiger partial charge in [-0.15, -0.1) is 0 Å². The van der Waals surface area contributed by atoms with E-state index < -0.39 is 0 Å². The zero-order valence-corrected chi connectivity index (χ0v) is 16.2. The summed E-state index contributed by atoms with van der Waals surface area (Å²) in [7, 11) is 3.62. The third-order valence-corrected chi connectivity index (χ3v) is 5.62. The molecule has 1 N–H and O–H groups in total. The van der Waals surface area contributed by atoms with Gasteiger partial charge in [0.1, 0.15) is 0 Å². The Morgan fingerprint density at radius 2 is 1.92 bits per heavy atom. The number of ether oxygens (including phenoxy) is 2. The van der Waals surface area contributed by atoms with Gasteiger partial charge in [-0.2, -0.15) is 0 Å². The molecule has 2 aliphatic rings. The van der Waals surface area contributed by atoms with Crippen LogP contribution in [0.5, 0.6) is 0 Å². The Morgan fingerprint density at radius 1 is 1.19 bits per heavy atom. The Balaban J connectivity index is 1.43. The van der Waals surface area contributed by atoms with Gasteiger partial charge >= 0.3 is 0 Å². The smallest absolute Gasteiger partial charge is 0.193 e. The lowest BCUT2D eigenvalue weighted by molar-refractivity contribution is 0.00989. The number of hydrogen-bond acceptors (Lipinski definition) is 3. The van der Waals surface area contributed by atoms with Crippen molar-refractivity contribution in [3.05, 3.63) is 35.9 Å². The number of nitrogens with one attached hydrogen (secondary N) is 1. The highest BCUT2D eigenvalue weighted by molar-refractivity contribution is 5.80. The zero-order chi connectivity index (χ0) is 18.2. The van der Waals surface area contributed by atoms with Gasteiger partial charge in [-0.3, -0.25) is 4.99 Å². The van der Waals surface area contributed by atoms with Gasteiger partial charge in [-0.05, 0) is 37.7 Å². The van der Waals surface area contributed by atoms with Gasteiger partial charge in [0, 0.05) is 52.4 Å². The fraction of sp³-hybridized carbons (Fsp3) is 0.667. The maximum atomic E-state index is 5.96. The van der Waals surface area contributed by atoms with E-state index in [1.54, 1.807) is 7.11 Å². The molecule has 1 saturated carbocycles. The second-order valence-corrected chi connectivity index (χ2v) is 7.45. The molecule has 2 fully saturated rings. The second-order valence-electron chi connectivity index (χ2n) is 7.45. The summed E-state index contributed by atoms with van der Waals surface area (Å²) in [4.78, 5) is 6.89. The average Bonchev–Trinajstić information content (AvgIpc) is 3.49. The molecule has 0 bridgehead atoms. The molecule has 5 heteroatoms. The monoisotopic (exact) mass is 359 g/mol. The molecular formula is C21H33N3O2. The summed E-state index contributed by atoms with van der Waals surface area (Å²) in [6.07, 6.45) is 6.01. The highest BCUT2D eigenvalue weighted by atomic mass is 16.5. The van der Waals surface area contributed by atoms with Crippen molar-refractivity contribution < 1.29 is 9.47 Å². The van der Waals surface area contributed by atoms with Gasteiger partial charge < -0.3 is 19.7 Å². The van der Waals surface area contributed by atoms with E-state index in [0.717, 1.165) is 58.1 Å². The van der Waals surface area contributed by atoms with Gasteiger partial charge in [-0.1, -0.05) is 30.3 Å². The van der Waals surface area contributed by atoms with E-state index in [2.05, 4.69) is 45.5 Å². The van der Waals surface area contributed by atoms with Crippen LogP contribution in [-0.2, 0) is 14.9 Å². The number of benzene rings is 1. The Hall–Kier alpha value is -1.59. The van der Waals surface area contributed by atoms with E-state index in [4.69, 9.17) is 9.47 Å². The molecular weight excluding hydrogens is 326 g/mol. The van der Waals surface area contributed by atoms with E-state index in [1.165, 1.54) is 18.4 Å². The average molecular weight is 360 g/mol. The first kappa shape index (κ1) is 19.2. The molecule has 5 nitrogen and oxygen atoms in total. The summed E-state index contributed by atoms with van der Waals surface area (Å²) in [5.74, 6) is 1.03. The minimum atomic E-state index is 0.306. The van der Waals surface area contributed by atoms with Gasteiger partial charge in [0.2, 0.25) is 0 Å². The van der Waals surface area contributed by atoms with Crippen molar-refractivity contribution in [2.24, 2.45) is 4.99 Å². The first-order chi connectivity index (χ1) is 12.8. The van der Waals surface area contributed by atoms with Crippen LogP contribution in [0.25, 0.3) is 0 Å². The molecule has 0 unspecified atom stereocenters. The minimum absolute atomic E-state index is 0.306. The summed E-state index contributed by atoms with van der Waals surface area (Å²) in [5.41, 5.74) is 1.76. The van der Waals surface area contributed by atoms with Crippen LogP contribution >= 0.6 is 0 Å². The molecule has 1 aromatic rings. The van der Waals surface area contributed by atoms with Crippen molar-refractivity contribution in [1.29, 1.82) is 0 Å². The van der Waals surface area contributed by atoms with Crippen LogP contribution in [0.3, 0.4) is 0 Å². The lowest BCUT2D eigenvalue weighted by Crippen LogP contribution is -2.48. The van der Waals surface area contributed by atoms with Crippen molar-refractivity contribution in [3.63, 3.8) is 0 Å². The van der Waals surface area contributed by atoms with Crippen LogP contribution in [0.2, 0.25) is 0 Å². The fourth-order valence-electron chi connectivity index (χ4n) is 3.78. The van der Waals surface area contributed by atoms with Gasteiger partial charge in [-0.25, -0.2) is 0 Å². The Labute approximate surface area is 157 Å². The number of nitrogens with zero attached hydrogens (tertiary/aromatic N) is 2. The molecule has 144 valence electrons. The lowest BCUT2D eigenvalue weighted by atomic mass is 9.96. The molecule has 26 heavy (non-hydrogen) atoms. The van der Waals surface area contributed by atoms with Gasteiger partial charge in [0.15, 0.2) is 5.96 Å². The predicted molar refractivity (Wildman–Crippen MR) is 106 cm³/mol. The van der Waals surface area contributed by atoms with Crippen LogP contribution in [0.1, 0.15) is 37.7 Å². The molecule has 1 heterocycles. The minimum Gasteiger partial charge on any atom is -0.385 e. The summed E-state index contributed by atoms with van der Waals surface area (Å²) in [6.45, 7) is 4.56. The van der Waals surface area contributed by atoms with Crippen molar-refractivity contribution in [2.75, 3.05) is 47.0 Å². The standard InChI is InChI=1S/C21H33N3O2/c1-22-20(23-17-21(11-12-21)18-7-4-3-5-8-18)24-13-9-19(10-14-24)26-16-6-15-25-2/h3-5,7-8,19H,6,9-17H2,1-2H3,(H,22,23). The quantitative estimate of drug-likeness (QED) is 0.440. The van der Waals surface area contributed by atoms with Crippen LogP contribution in [-0.4, -0.2) is 64.0 Å². The first-order valence-corrected chi connectivity index (χ1v) is 9.89. The number of piperidine rings is 1. The zero-order valence-electron chi connectivity index (χ0n) is 16.2. The van der Waals surface area contributed by atoms with Crippen molar-refractivity contribution >= 4 is 5.96 Å². The largest absolute Gasteiger partial charge is 0.385 e. The molecule has 0 aromatic heterocycles. The molecule has 1 aromatic carbocycles. The van der Waals surface area contributed by atoms with Crippen LogP contribution in [0.4, 0.5) is 0 Å². The maximum absolute atomic E-state index is 5.96. The van der Waals surface area contributed by atoms with Gasteiger partial charge in [0.05, 0.1) is 6.10 Å². The van der Waals surface area contributed by atoms with Crippen molar-refractivity contribution in [2.45, 2.75) is 43.6 Å². The lowest BCUT2D eigenvalue weighted by Gasteiger charge is -2.34. The van der Waals surface area contributed by atoms with E-state index >= 15 is 0 Å². The summed E-state index contributed by atoms with van der Waals surface area (Å²) < 4.78 is 11.0. The number of methoxy groups -OCH3 is 1. The number of aliphatic imine (C=N–C) groups is 1. The van der Waals surface area contributed by atoms with Crippen LogP contribution in [0, 0.1) is 0 Å². The SMILES string of the molecule is CN=C(NCC1(c2ccccc2)CC1)N1CCC(OCCCOC)CC1. The van der Waals surface area contributed by atoms with E-state index in [1.807, 2.05) is 7.05 Å². The van der Waals surface area contributed by atoms with Crippen molar-refractivity contribution in [3.8, 4) is 0 Å². The third kappa shape index (κ3) is 4.98. The number of rotatable bonds is 8. The Kier molecular flexibility index (Phi) is 6.92. The first-order valence-electron chi connectivity index (χ1n) is 9.89. The molecule has 0 radical (unpaired) electrons. The molecule has 0 amide bonds. The molecule has 1 saturated heterocycles. The predicted octanol–water partition coefficient (Wildman–Crippen LogP) is 2.81. The molecule has 0 spiro atoms. The fourth-order valence-corrected chi connectivity index (χ4v) is 3.78. The number of hydrogen-bond donors (Lipinski definition) is 1. The highest BCUT2D eigenvalue weighted by Gasteiger charge is 2.44. The maximum Gasteiger partial charge on any atom is 0.193 e. The normalized spacial score (nSPS) is 20.2. The third-order valence-electron chi connectivity index (χ3n) is 5.62. The van der Waals surface area contributed by atoms with E-state index in [-0.39, 0.29) is 0 Å². The van der Waals surface area contributed by atoms with Crippen molar-refractivity contribution in [1.82, 2.24) is 10.2 Å². The Morgan fingerprint density at radius 3 is 2.54 bits per heavy atom. The summed E-state index contributed by atoms with van der Waals surface area (Å²) in [6, 6.07) is 10.9. The van der Waals surface area contributed by atoms with Crippen LogP contribution < -0.4 is 5.32 Å². The summed E-state index contributed by atoms with van der Waals surface area (Å²) in [5, 5.41) is 3.63. The number of likely N-dealkylation sites (tertiary alicyclic amines) is 1. The van der Waals surface area contributed by atoms with Crippen LogP contribution in [0.15, 0.2) is 35.3 Å². The van der Waals surface area contributed by atoms with Gasteiger partial charge in [0.25, 0.3) is 0 Å². The highest BCUT2D eigenvalue weighted by Crippen LogP contribution is 2.47. The number of guanidine groups is 1.